The van der Waals surface area contributed by atoms with Crippen molar-refractivity contribution in [3.8, 4) is 0 Å². The van der Waals surface area contributed by atoms with E-state index in [4.69, 9.17) is 4.74 Å². The van der Waals surface area contributed by atoms with E-state index in [0.29, 0.717) is 19.4 Å². The molecule has 0 radical (unpaired) electrons. The monoisotopic (exact) mass is 482 g/mol. The molecule has 0 bridgehead atoms. The highest BCUT2D eigenvalue weighted by Gasteiger charge is 2.05. The zero-order valence-corrected chi connectivity index (χ0v) is 23.1. The molecule has 0 spiro atoms. The molecule has 1 amide bonds. The summed E-state index contributed by atoms with van der Waals surface area (Å²) in [4.78, 5) is 24.3. The molecular formula is C29H58N2O3. The maximum Gasteiger partial charge on any atom is 0.305 e. The maximum atomic E-state index is 11.7. The van der Waals surface area contributed by atoms with Crippen molar-refractivity contribution < 1.29 is 14.3 Å². The van der Waals surface area contributed by atoms with Gasteiger partial charge in [-0.05, 0) is 52.7 Å². The molecule has 0 aromatic heterocycles. The van der Waals surface area contributed by atoms with Crippen LogP contribution >= 0.6 is 0 Å². The number of cyclic esters (lactones) is 1. The van der Waals surface area contributed by atoms with Crippen LogP contribution in [0.5, 0.6) is 0 Å². The minimum absolute atomic E-state index is 0.0255. The Hall–Kier alpha value is -1.10. The van der Waals surface area contributed by atoms with Gasteiger partial charge in [-0.1, -0.05) is 96.8 Å². The van der Waals surface area contributed by atoms with E-state index in [1.54, 1.807) is 0 Å². The summed E-state index contributed by atoms with van der Waals surface area (Å²) in [5, 5.41) is 3.02. The molecule has 0 aromatic rings. The number of carbonyl (C=O) groups is 2. The molecule has 0 saturated carbocycles. The number of amides is 1. The van der Waals surface area contributed by atoms with E-state index in [1.807, 2.05) is 0 Å². The highest BCUT2D eigenvalue weighted by atomic mass is 16.5. The van der Waals surface area contributed by atoms with E-state index in [2.05, 4.69) is 31.2 Å². The molecule has 1 N–H and O–H groups in total. The quantitative estimate of drug-likeness (QED) is 0.145. The van der Waals surface area contributed by atoms with Crippen LogP contribution in [0.4, 0.5) is 0 Å². The average Bonchev–Trinajstić information content (AvgIpc) is 3.07. The summed E-state index contributed by atoms with van der Waals surface area (Å²) in [5.41, 5.74) is 0. The first-order valence-corrected chi connectivity index (χ1v) is 14.6. The van der Waals surface area contributed by atoms with E-state index in [-0.39, 0.29) is 11.9 Å². The highest BCUT2D eigenvalue weighted by Crippen LogP contribution is 2.13. The summed E-state index contributed by atoms with van der Waals surface area (Å²) in [6, 6.07) is 0. The van der Waals surface area contributed by atoms with Gasteiger partial charge in [-0.2, -0.15) is 0 Å². The number of ether oxygens (including phenoxy) is 1. The van der Waals surface area contributed by atoms with Gasteiger partial charge in [0.1, 0.15) is 0 Å². The first kappa shape index (κ1) is 32.9. The zero-order chi connectivity index (χ0) is 25.1. The van der Waals surface area contributed by atoms with Crippen molar-refractivity contribution >= 4 is 11.9 Å². The number of esters is 1. The van der Waals surface area contributed by atoms with Gasteiger partial charge in [-0.25, -0.2) is 0 Å². The minimum Gasteiger partial charge on any atom is -0.466 e. The van der Waals surface area contributed by atoms with E-state index >= 15 is 0 Å². The van der Waals surface area contributed by atoms with Gasteiger partial charge in [0.25, 0.3) is 0 Å². The Kier molecular flexibility index (Phi) is 25.6. The predicted molar refractivity (Wildman–Crippen MR) is 145 cm³/mol. The maximum absolute atomic E-state index is 11.7. The zero-order valence-electron chi connectivity index (χ0n) is 23.1. The summed E-state index contributed by atoms with van der Waals surface area (Å²) >= 11 is 0. The topological polar surface area (TPSA) is 58.6 Å². The molecule has 1 rings (SSSR count). The second-order valence-electron chi connectivity index (χ2n) is 10.2. The molecule has 0 aromatic carbocycles. The number of hydrogen-bond donors (Lipinski definition) is 1. The SMILES string of the molecule is CCCCCCCCCCCCCCCCCC(=O)NCCCN(C)C.O=C1CCCCCO1. The summed E-state index contributed by atoms with van der Waals surface area (Å²) in [6.07, 6.45) is 26.1. The minimum atomic E-state index is -0.0255. The van der Waals surface area contributed by atoms with Crippen LogP contribution in [0.3, 0.4) is 0 Å². The molecule has 1 saturated heterocycles. The largest absolute Gasteiger partial charge is 0.466 e. The van der Waals surface area contributed by atoms with Gasteiger partial charge in [-0.3, -0.25) is 9.59 Å². The number of unbranched alkanes of at least 4 members (excludes halogenated alkanes) is 14. The van der Waals surface area contributed by atoms with Crippen molar-refractivity contribution in [1.29, 1.82) is 0 Å². The molecule has 1 fully saturated rings. The number of carbonyl (C=O) groups excluding carboxylic acids is 2. The molecule has 0 atom stereocenters. The lowest BCUT2D eigenvalue weighted by atomic mass is 10.0. The first-order valence-electron chi connectivity index (χ1n) is 14.6. The van der Waals surface area contributed by atoms with Crippen molar-refractivity contribution in [2.75, 3.05) is 33.8 Å². The molecular weight excluding hydrogens is 424 g/mol. The van der Waals surface area contributed by atoms with E-state index in [9.17, 15) is 9.59 Å². The van der Waals surface area contributed by atoms with Gasteiger partial charge in [0.15, 0.2) is 0 Å². The van der Waals surface area contributed by atoms with Crippen LogP contribution < -0.4 is 5.32 Å². The van der Waals surface area contributed by atoms with Crippen molar-refractivity contribution in [3.05, 3.63) is 0 Å². The molecule has 1 heterocycles. The summed E-state index contributed by atoms with van der Waals surface area (Å²) in [5.74, 6) is 0.209. The van der Waals surface area contributed by atoms with Crippen LogP contribution in [-0.2, 0) is 14.3 Å². The Bertz CT molecular complexity index is 445. The van der Waals surface area contributed by atoms with Gasteiger partial charge in [0.05, 0.1) is 6.61 Å². The average molecular weight is 483 g/mol. The lowest BCUT2D eigenvalue weighted by molar-refractivity contribution is -0.142. The molecule has 34 heavy (non-hydrogen) atoms. The van der Waals surface area contributed by atoms with Crippen LogP contribution in [-0.4, -0.2) is 50.6 Å². The lowest BCUT2D eigenvalue weighted by Gasteiger charge is -2.09. The summed E-state index contributed by atoms with van der Waals surface area (Å²) < 4.78 is 4.76. The Morgan fingerprint density at radius 1 is 0.765 bits per heavy atom. The van der Waals surface area contributed by atoms with Gasteiger partial charge < -0.3 is 15.0 Å². The summed E-state index contributed by atoms with van der Waals surface area (Å²) in [6.45, 7) is 4.78. The van der Waals surface area contributed by atoms with E-state index in [1.165, 1.54) is 89.9 Å². The smallest absolute Gasteiger partial charge is 0.305 e. The number of nitrogens with one attached hydrogen (secondary N) is 1. The van der Waals surface area contributed by atoms with Crippen molar-refractivity contribution in [1.82, 2.24) is 10.2 Å². The van der Waals surface area contributed by atoms with E-state index in [0.717, 1.165) is 45.2 Å². The van der Waals surface area contributed by atoms with E-state index < -0.39 is 0 Å². The van der Waals surface area contributed by atoms with Crippen LogP contribution in [0.2, 0.25) is 0 Å². The molecule has 1 aliphatic rings. The predicted octanol–water partition coefficient (Wildman–Crippen LogP) is 7.42. The molecule has 1 aliphatic heterocycles. The standard InChI is InChI=1S/C23H48N2O.C6H10O2/c1-4-5-6-7-8-9-10-11-12-13-14-15-16-17-18-20-23(26)24-21-19-22-25(2)3;7-6-4-2-1-3-5-8-6/h4-22H2,1-3H3,(H,24,26);1-5H2. The van der Waals surface area contributed by atoms with Gasteiger partial charge >= 0.3 is 5.97 Å². The van der Waals surface area contributed by atoms with Gasteiger partial charge in [0, 0.05) is 19.4 Å². The Morgan fingerprint density at radius 3 is 1.82 bits per heavy atom. The van der Waals surface area contributed by atoms with Gasteiger partial charge in [0.2, 0.25) is 5.91 Å². The van der Waals surface area contributed by atoms with Crippen LogP contribution in [0, 0.1) is 0 Å². The lowest BCUT2D eigenvalue weighted by Crippen LogP contribution is -2.26. The van der Waals surface area contributed by atoms with Crippen molar-refractivity contribution in [3.63, 3.8) is 0 Å². The van der Waals surface area contributed by atoms with Crippen LogP contribution in [0.25, 0.3) is 0 Å². The Labute approximate surface area is 212 Å². The molecule has 5 nitrogen and oxygen atoms in total. The van der Waals surface area contributed by atoms with Gasteiger partial charge in [-0.15, -0.1) is 0 Å². The fourth-order valence-corrected chi connectivity index (χ4v) is 4.17. The fourth-order valence-electron chi connectivity index (χ4n) is 4.17. The first-order chi connectivity index (χ1) is 16.6. The third kappa shape index (κ3) is 27.1. The summed E-state index contributed by atoms with van der Waals surface area (Å²) in [7, 11) is 4.13. The molecule has 202 valence electrons. The molecule has 5 heteroatoms. The Balaban J connectivity index is 0.00000113. The van der Waals surface area contributed by atoms with Crippen molar-refractivity contribution in [2.24, 2.45) is 0 Å². The normalized spacial score (nSPS) is 13.7. The molecule has 0 aliphatic carbocycles. The second-order valence-corrected chi connectivity index (χ2v) is 10.2. The highest BCUT2D eigenvalue weighted by molar-refractivity contribution is 5.75. The number of rotatable bonds is 20. The van der Waals surface area contributed by atoms with Crippen LogP contribution in [0.1, 0.15) is 142 Å². The molecule has 0 unspecified atom stereocenters. The fraction of sp³-hybridized carbons (Fsp3) is 0.931. The second kappa shape index (κ2) is 26.5. The third-order valence-electron chi connectivity index (χ3n) is 6.40. The Morgan fingerprint density at radius 2 is 1.29 bits per heavy atom. The van der Waals surface area contributed by atoms with Crippen LogP contribution in [0.15, 0.2) is 0 Å². The third-order valence-corrected chi connectivity index (χ3v) is 6.40. The number of nitrogens with zero attached hydrogens (tertiary/aromatic N) is 1. The number of hydrogen-bond acceptors (Lipinski definition) is 4. The van der Waals surface area contributed by atoms with Crippen molar-refractivity contribution in [2.45, 2.75) is 142 Å².